The summed E-state index contributed by atoms with van der Waals surface area (Å²) in [5.74, 6) is -0.738. The molecule has 0 aromatic carbocycles. The number of halogens is 2. The molecule has 0 bridgehead atoms. The fraction of sp³-hybridized carbons (Fsp3) is 0.625. The molecule has 0 radical (unpaired) electrons. The Balaban J connectivity index is 1.84. The lowest BCUT2D eigenvalue weighted by molar-refractivity contribution is -0.140. The smallest absolute Gasteiger partial charge is 0.314 e. The number of carbonyl (C=O) groups is 1. The molecule has 5 heteroatoms. The molecule has 1 fully saturated rings. The number of unbranched alkanes of at least 4 members (excludes halogenated alkanes) is 1. The van der Waals surface area contributed by atoms with Crippen molar-refractivity contribution in [3.63, 3.8) is 0 Å². The zero-order valence-electron chi connectivity index (χ0n) is 12.3. The van der Waals surface area contributed by atoms with Gasteiger partial charge in [0.1, 0.15) is 5.15 Å². The van der Waals surface area contributed by atoms with Gasteiger partial charge in [0.05, 0.1) is 5.92 Å². The maximum absolute atomic E-state index is 13.5. The van der Waals surface area contributed by atoms with Crippen molar-refractivity contribution in [2.75, 3.05) is 0 Å². The average Bonchev–Trinajstić information content (AvgIpc) is 2.48. The van der Waals surface area contributed by atoms with Crippen LogP contribution in [0.4, 0.5) is 4.39 Å². The number of hydrogen-bond donors (Lipinski definition) is 0. The van der Waals surface area contributed by atoms with Gasteiger partial charge in [-0.2, -0.15) is 4.39 Å². The van der Waals surface area contributed by atoms with Gasteiger partial charge in [0, 0.05) is 0 Å². The highest BCUT2D eigenvalue weighted by Crippen LogP contribution is 2.33. The molecule has 0 N–H and O–H groups in total. The van der Waals surface area contributed by atoms with Gasteiger partial charge in [-0.05, 0) is 43.7 Å². The summed E-state index contributed by atoms with van der Waals surface area (Å²) in [5.41, 5.74) is 0. The zero-order valence-corrected chi connectivity index (χ0v) is 13.0. The molecule has 1 saturated carbocycles. The fourth-order valence-corrected chi connectivity index (χ4v) is 2.98. The molecular formula is C16H21ClFNO2. The van der Waals surface area contributed by atoms with E-state index in [-0.39, 0.29) is 22.8 Å². The molecule has 1 aromatic heterocycles. The first-order chi connectivity index (χ1) is 10.1. The molecule has 1 aliphatic carbocycles. The van der Waals surface area contributed by atoms with Crippen LogP contribution in [-0.4, -0.2) is 11.0 Å². The first-order valence-corrected chi connectivity index (χ1v) is 8.01. The lowest BCUT2D eigenvalue weighted by Crippen LogP contribution is -2.26. The molecule has 0 unspecified atom stereocenters. The quantitative estimate of drug-likeness (QED) is 0.580. The Hall–Kier alpha value is -1.16. The number of pyridine rings is 1. The van der Waals surface area contributed by atoms with Gasteiger partial charge in [-0.3, -0.25) is 4.79 Å². The predicted molar refractivity (Wildman–Crippen MR) is 79.8 cm³/mol. The second-order valence-corrected chi connectivity index (χ2v) is 6.09. The van der Waals surface area contributed by atoms with Crippen LogP contribution < -0.4 is 4.74 Å². The number of nitrogens with zero attached hydrogens (tertiary/aromatic N) is 1. The normalized spacial score (nSPS) is 22.0. The van der Waals surface area contributed by atoms with Crippen LogP contribution in [-0.2, 0) is 4.79 Å². The highest BCUT2D eigenvalue weighted by molar-refractivity contribution is 6.29. The van der Waals surface area contributed by atoms with Crippen molar-refractivity contribution in [2.45, 2.75) is 51.9 Å². The number of carbonyl (C=O) groups excluding carboxylic acids is 1. The van der Waals surface area contributed by atoms with Crippen LogP contribution in [0.2, 0.25) is 5.15 Å². The monoisotopic (exact) mass is 313 g/mol. The Bertz CT molecular complexity index is 487. The molecule has 3 nitrogen and oxygen atoms in total. The van der Waals surface area contributed by atoms with Gasteiger partial charge in [-0.1, -0.05) is 37.8 Å². The van der Waals surface area contributed by atoms with Crippen LogP contribution in [0.25, 0.3) is 0 Å². The van der Waals surface area contributed by atoms with E-state index in [1.54, 1.807) is 0 Å². The zero-order chi connectivity index (χ0) is 15.2. The highest BCUT2D eigenvalue weighted by Gasteiger charge is 2.28. The summed E-state index contributed by atoms with van der Waals surface area (Å²) in [6.07, 6.45) is 7.48. The minimum absolute atomic E-state index is 0.0451. The molecule has 1 aliphatic rings. The van der Waals surface area contributed by atoms with Crippen LogP contribution in [0.5, 0.6) is 5.75 Å². The number of rotatable bonds is 5. The van der Waals surface area contributed by atoms with E-state index in [2.05, 4.69) is 11.9 Å². The maximum atomic E-state index is 13.5. The first-order valence-electron chi connectivity index (χ1n) is 7.64. The van der Waals surface area contributed by atoms with Crippen molar-refractivity contribution in [3.8, 4) is 5.75 Å². The van der Waals surface area contributed by atoms with Crippen LogP contribution in [0, 0.1) is 17.8 Å². The Morgan fingerprint density at radius 1 is 1.38 bits per heavy atom. The van der Waals surface area contributed by atoms with E-state index in [0.29, 0.717) is 0 Å². The molecule has 0 spiro atoms. The lowest BCUT2D eigenvalue weighted by atomic mass is 9.80. The van der Waals surface area contributed by atoms with Crippen molar-refractivity contribution in [2.24, 2.45) is 11.8 Å². The van der Waals surface area contributed by atoms with Gasteiger partial charge < -0.3 is 4.74 Å². The van der Waals surface area contributed by atoms with Crippen molar-refractivity contribution < 1.29 is 13.9 Å². The largest absolute Gasteiger partial charge is 0.421 e. The third kappa shape index (κ3) is 4.67. The average molecular weight is 314 g/mol. The molecular weight excluding hydrogens is 293 g/mol. The van der Waals surface area contributed by atoms with Crippen LogP contribution >= 0.6 is 11.6 Å². The van der Waals surface area contributed by atoms with Gasteiger partial charge in [-0.15, -0.1) is 0 Å². The van der Waals surface area contributed by atoms with E-state index in [4.69, 9.17) is 16.3 Å². The van der Waals surface area contributed by atoms with E-state index in [1.807, 2.05) is 0 Å². The second kappa shape index (κ2) is 7.74. The second-order valence-electron chi connectivity index (χ2n) is 5.70. The van der Waals surface area contributed by atoms with Gasteiger partial charge in [0.15, 0.2) is 5.75 Å². The van der Waals surface area contributed by atoms with Crippen LogP contribution in [0.1, 0.15) is 51.9 Å². The first kappa shape index (κ1) is 16.2. The molecule has 116 valence electrons. The fourth-order valence-electron chi connectivity index (χ4n) is 2.85. The third-order valence-electron chi connectivity index (χ3n) is 4.14. The Kier molecular flexibility index (Phi) is 5.97. The number of esters is 1. The lowest BCUT2D eigenvalue weighted by Gasteiger charge is -2.27. The Morgan fingerprint density at radius 3 is 2.71 bits per heavy atom. The molecule has 0 saturated heterocycles. The van der Waals surface area contributed by atoms with E-state index in [9.17, 15) is 9.18 Å². The van der Waals surface area contributed by atoms with Crippen molar-refractivity contribution >= 4 is 17.6 Å². The van der Waals surface area contributed by atoms with Crippen molar-refractivity contribution in [3.05, 3.63) is 23.2 Å². The summed E-state index contributed by atoms with van der Waals surface area (Å²) in [6.45, 7) is 2.19. The van der Waals surface area contributed by atoms with Crippen molar-refractivity contribution in [1.82, 2.24) is 4.98 Å². The minimum Gasteiger partial charge on any atom is -0.421 e. The van der Waals surface area contributed by atoms with E-state index < -0.39 is 5.95 Å². The maximum Gasteiger partial charge on any atom is 0.314 e. The van der Waals surface area contributed by atoms with E-state index in [0.717, 1.165) is 31.6 Å². The molecule has 1 aromatic rings. The van der Waals surface area contributed by atoms with Crippen molar-refractivity contribution in [1.29, 1.82) is 0 Å². The molecule has 1 heterocycles. The SMILES string of the molecule is CCCCC1CCC(C(=O)Oc2ccc(Cl)nc2F)CC1. The number of hydrogen-bond acceptors (Lipinski definition) is 3. The van der Waals surface area contributed by atoms with Gasteiger partial charge >= 0.3 is 5.97 Å². The van der Waals surface area contributed by atoms with Gasteiger partial charge in [0.2, 0.25) is 0 Å². The topological polar surface area (TPSA) is 39.2 Å². The number of aromatic nitrogens is 1. The third-order valence-corrected chi connectivity index (χ3v) is 4.35. The summed E-state index contributed by atoms with van der Waals surface area (Å²) in [4.78, 5) is 15.5. The van der Waals surface area contributed by atoms with E-state index in [1.165, 1.54) is 31.4 Å². The Labute approximate surface area is 129 Å². The summed E-state index contributed by atoms with van der Waals surface area (Å²) >= 11 is 5.57. The van der Waals surface area contributed by atoms with Crippen LogP contribution in [0.15, 0.2) is 12.1 Å². The minimum atomic E-state index is -0.840. The summed E-state index contributed by atoms with van der Waals surface area (Å²) in [7, 11) is 0. The highest BCUT2D eigenvalue weighted by atomic mass is 35.5. The molecule has 0 aliphatic heterocycles. The summed E-state index contributed by atoms with van der Waals surface area (Å²) < 4.78 is 18.6. The molecule has 0 atom stereocenters. The standard InChI is InChI=1S/C16H21ClFNO2/c1-2-3-4-11-5-7-12(8-6-11)16(20)21-13-9-10-14(17)19-15(13)18/h9-12H,2-8H2,1H3. The number of ether oxygens (including phenoxy) is 1. The molecule has 21 heavy (non-hydrogen) atoms. The van der Waals surface area contributed by atoms with Gasteiger partial charge in [0.25, 0.3) is 5.95 Å². The predicted octanol–water partition coefficient (Wildman–Crippen LogP) is 4.78. The summed E-state index contributed by atoms with van der Waals surface area (Å²) in [6, 6.07) is 2.75. The van der Waals surface area contributed by atoms with E-state index >= 15 is 0 Å². The molecule has 0 amide bonds. The Morgan fingerprint density at radius 2 is 2.10 bits per heavy atom. The van der Waals surface area contributed by atoms with Gasteiger partial charge in [-0.25, -0.2) is 4.98 Å². The molecule has 2 rings (SSSR count). The summed E-state index contributed by atoms with van der Waals surface area (Å²) in [5, 5.41) is 0.0451. The van der Waals surface area contributed by atoms with Crippen LogP contribution in [0.3, 0.4) is 0 Å².